The third-order valence-electron chi connectivity index (χ3n) is 5.25. The monoisotopic (exact) mass is 408 g/mol. The summed E-state index contributed by atoms with van der Waals surface area (Å²) in [6.07, 6.45) is 5.02. The molecule has 2 aromatic carbocycles. The Morgan fingerprint density at radius 1 is 1.03 bits per heavy atom. The Kier molecular flexibility index (Phi) is 5.97. The normalized spacial score (nSPS) is 16.3. The predicted octanol–water partition coefficient (Wildman–Crippen LogP) is 3.95. The van der Waals surface area contributed by atoms with Gasteiger partial charge in [-0.3, -0.25) is 4.79 Å². The van der Waals surface area contributed by atoms with Gasteiger partial charge in [0.25, 0.3) is 0 Å². The number of rotatable bonds is 5. The summed E-state index contributed by atoms with van der Waals surface area (Å²) < 4.78 is 26.4. The van der Waals surface area contributed by atoms with Crippen LogP contribution >= 0.6 is 0 Å². The van der Waals surface area contributed by atoms with Crippen molar-refractivity contribution < 1.29 is 13.6 Å². The zero-order valence-corrected chi connectivity index (χ0v) is 16.4. The molecule has 1 aliphatic heterocycles. The maximum absolute atomic E-state index is 13.4. The molecule has 1 saturated heterocycles. The summed E-state index contributed by atoms with van der Waals surface area (Å²) in [5.41, 5.74) is 2.32. The summed E-state index contributed by atoms with van der Waals surface area (Å²) in [6, 6.07) is 12.4. The number of nitrogens with one attached hydrogen (secondary N) is 1. The molecule has 5 nitrogen and oxygen atoms in total. The lowest BCUT2D eigenvalue weighted by Gasteiger charge is -2.32. The summed E-state index contributed by atoms with van der Waals surface area (Å²) in [5.74, 6) is -0.226. The fourth-order valence-electron chi connectivity index (χ4n) is 3.61. The van der Waals surface area contributed by atoms with Crippen molar-refractivity contribution in [3.63, 3.8) is 0 Å². The van der Waals surface area contributed by atoms with E-state index in [1.54, 1.807) is 30.6 Å². The average Bonchev–Trinajstić information content (AvgIpc) is 2.79. The maximum atomic E-state index is 13.4. The SMILES string of the molecule is O=C(NCc1ccc(F)cc1)[C@@H]1CCCN(c2ncc(-c3cccc(F)c3)cn2)C1. The quantitative estimate of drug-likeness (QED) is 0.695. The average molecular weight is 408 g/mol. The van der Waals surface area contributed by atoms with Crippen molar-refractivity contribution in [1.29, 1.82) is 0 Å². The first-order valence-electron chi connectivity index (χ1n) is 9.93. The van der Waals surface area contributed by atoms with Crippen molar-refractivity contribution in [1.82, 2.24) is 15.3 Å². The molecular formula is C23H22F2N4O. The molecule has 1 N–H and O–H groups in total. The second kappa shape index (κ2) is 8.98. The fourth-order valence-corrected chi connectivity index (χ4v) is 3.61. The first-order chi connectivity index (χ1) is 14.6. The Morgan fingerprint density at radius 2 is 1.80 bits per heavy atom. The van der Waals surface area contributed by atoms with Crippen LogP contribution < -0.4 is 10.2 Å². The Bertz CT molecular complexity index is 1010. The van der Waals surface area contributed by atoms with E-state index in [4.69, 9.17) is 0 Å². The summed E-state index contributed by atoms with van der Waals surface area (Å²) >= 11 is 0. The Labute approximate surface area is 173 Å². The van der Waals surface area contributed by atoms with Gasteiger partial charge >= 0.3 is 0 Å². The predicted molar refractivity (Wildman–Crippen MR) is 111 cm³/mol. The lowest BCUT2D eigenvalue weighted by atomic mass is 9.97. The number of benzene rings is 2. The van der Waals surface area contributed by atoms with Crippen LogP contribution in [0.4, 0.5) is 14.7 Å². The largest absolute Gasteiger partial charge is 0.352 e. The second-order valence-electron chi connectivity index (χ2n) is 7.41. The minimum atomic E-state index is -0.304. The molecule has 2 heterocycles. The van der Waals surface area contributed by atoms with Crippen LogP contribution in [0.5, 0.6) is 0 Å². The summed E-state index contributed by atoms with van der Waals surface area (Å²) in [7, 11) is 0. The number of aromatic nitrogens is 2. The number of nitrogens with zero attached hydrogens (tertiary/aromatic N) is 3. The minimum absolute atomic E-state index is 0.0274. The third kappa shape index (κ3) is 4.79. The molecule has 0 aliphatic carbocycles. The van der Waals surface area contributed by atoms with Crippen LogP contribution in [0.2, 0.25) is 0 Å². The van der Waals surface area contributed by atoms with Crippen LogP contribution in [-0.4, -0.2) is 29.0 Å². The number of carbonyl (C=O) groups is 1. The van der Waals surface area contributed by atoms with Gasteiger partial charge in [-0.05, 0) is 48.2 Å². The van der Waals surface area contributed by atoms with E-state index in [-0.39, 0.29) is 23.5 Å². The summed E-state index contributed by atoms with van der Waals surface area (Å²) in [4.78, 5) is 23.5. The van der Waals surface area contributed by atoms with Gasteiger partial charge in [-0.15, -0.1) is 0 Å². The molecule has 0 spiro atoms. The van der Waals surface area contributed by atoms with Crippen molar-refractivity contribution in [2.24, 2.45) is 5.92 Å². The minimum Gasteiger partial charge on any atom is -0.352 e. The summed E-state index contributed by atoms with van der Waals surface area (Å²) in [6.45, 7) is 1.68. The molecule has 0 bridgehead atoms. The molecule has 1 fully saturated rings. The van der Waals surface area contributed by atoms with E-state index in [0.29, 0.717) is 19.0 Å². The molecule has 3 aromatic rings. The topological polar surface area (TPSA) is 58.1 Å². The van der Waals surface area contributed by atoms with E-state index >= 15 is 0 Å². The van der Waals surface area contributed by atoms with Crippen molar-refractivity contribution in [3.8, 4) is 11.1 Å². The smallest absolute Gasteiger partial charge is 0.225 e. The van der Waals surface area contributed by atoms with Crippen molar-refractivity contribution in [3.05, 3.63) is 78.1 Å². The van der Waals surface area contributed by atoms with E-state index < -0.39 is 0 Å². The number of hydrogen-bond donors (Lipinski definition) is 1. The van der Waals surface area contributed by atoms with Crippen molar-refractivity contribution >= 4 is 11.9 Å². The highest BCUT2D eigenvalue weighted by Gasteiger charge is 2.27. The number of carbonyl (C=O) groups excluding carboxylic acids is 1. The number of piperidine rings is 1. The maximum Gasteiger partial charge on any atom is 0.225 e. The molecule has 1 aromatic heterocycles. The van der Waals surface area contributed by atoms with Gasteiger partial charge in [0.15, 0.2) is 0 Å². The van der Waals surface area contributed by atoms with Crippen molar-refractivity contribution in [2.75, 3.05) is 18.0 Å². The Morgan fingerprint density at radius 3 is 2.53 bits per heavy atom. The van der Waals surface area contributed by atoms with E-state index in [2.05, 4.69) is 15.3 Å². The molecule has 1 atom stereocenters. The molecule has 1 aliphatic rings. The van der Waals surface area contributed by atoms with E-state index in [9.17, 15) is 13.6 Å². The first kappa shape index (κ1) is 19.9. The van der Waals surface area contributed by atoms with Crippen LogP contribution in [0, 0.1) is 17.6 Å². The zero-order chi connectivity index (χ0) is 20.9. The standard InChI is InChI=1S/C23H22F2N4O/c24-20-8-6-16(7-9-20)12-26-22(30)18-4-2-10-29(15-18)23-27-13-19(14-28-23)17-3-1-5-21(25)11-17/h1,3,5-9,11,13-14,18H,2,4,10,12,15H2,(H,26,30)/t18-/m1/s1. The summed E-state index contributed by atoms with van der Waals surface area (Å²) in [5, 5.41) is 2.93. The van der Waals surface area contributed by atoms with Gasteiger partial charge < -0.3 is 10.2 Å². The molecule has 0 radical (unpaired) electrons. The van der Waals surface area contributed by atoms with Gasteiger partial charge in [0.2, 0.25) is 11.9 Å². The number of halogens is 2. The molecule has 0 unspecified atom stereocenters. The van der Waals surface area contributed by atoms with Gasteiger partial charge in [-0.1, -0.05) is 24.3 Å². The fraction of sp³-hybridized carbons (Fsp3) is 0.261. The Hall–Kier alpha value is -3.35. The van der Waals surface area contributed by atoms with Crippen molar-refractivity contribution in [2.45, 2.75) is 19.4 Å². The van der Waals surface area contributed by atoms with Crippen LogP contribution in [0.25, 0.3) is 11.1 Å². The zero-order valence-electron chi connectivity index (χ0n) is 16.4. The lowest BCUT2D eigenvalue weighted by Crippen LogP contribution is -2.43. The Balaban J connectivity index is 1.37. The van der Waals surface area contributed by atoms with Gasteiger partial charge in [0.05, 0.1) is 5.92 Å². The highest BCUT2D eigenvalue weighted by atomic mass is 19.1. The molecule has 0 saturated carbocycles. The third-order valence-corrected chi connectivity index (χ3v) is 5.25. The molecule has 7 heteroatoms. The highest BCUT2D eigenvalue weighted by molar-refractivity contribution is 5.79. The van der Waals surface area contributed by atoms with E-state index in [1.807, 2.05) is 11.0 Å². The number of anilines is 1. The molecule has 154 valence electrons. The molecule has 4 rings (SSSR count). The van der Waals surface area contributed by atoms with E-state index in [1.165, 1.54) is 24.3 Å². The van der Waals surface area contributed by atoms with Gasteiger partial charge in [0.1, 0.15) is 11.6 Å². The highest BCUT2D eigenvalue weighted by Crippen LogP contribution is 2.23. The van der Waals surface area contributed by atoms with Crippen LogP contribution in [0.3, 0.4) is 0 Å². The van der Waals surface area contributed by atoms with Crippen LogP contribution in [0.1, 0.15) is 18.4 Å². The van der Waals surface area contributed by atoms with Crippen LogP contribution in [-0.2, 0) is 11.3 Å². The van der Waals surface area contributed by atoms with Crippen LogP contribution in [0.15, 0.2) is 60.9 Å². The number of hydrogen-bond acceptors (Lipinski definition) is 4. The van der Waals surface area contributed by atoms with Gasteiger partial charge in [-0.2, -0.15) is 0 Å². The van der Waals surface area contributed by atoms with Gasteiger partial charge in [-0.25, -0.2) is 18.7 Å². The lowest BCUT2D eigenvalue weighted by molar-refractivity contribution is -0.125. The molecule has 30 heavy (non-hydrogen) atoms. The molecule has 1 amide bonds. The molecular weight excluding hydrogens is 386 g/mol. The number of amides is 1. The van der Waals surface area contributed by atoms with Gasteiger partial charge in [0, 0.05) is 37.6 Å². The first-order valence-corrected chi connectivity index (χ1v) is 9.93. The second-order valence-corrected chi connectivity index (χ2v) is 7.41. The van der Waals surface area contributed by atoms with E-state index in [0.717, 1.165) is 36.1 Å².